The van der Waals surface area contributed by atoms with Crippen molar-refractivity contribution >= 4 is 5.78 Å². The van der Waals surface area contributed by atoms with E-state index in [0.717, 1.165) is 13.2 Å². The van der Waals surface area contributed by atoms with E-state index in [1.807, 2.05) is 0 Å². The minimum atomic E-state index is -4.52. The molecule has 0 atom stereocenters. The fourth-order valence-electron chi connectivity index (χ4n) is 1.55. The SMILES string of the molecule is COc1c(C(F)(F)F)ccc(C)c1C(C)=O. The van der Waals surface area contributed by atoms with E-state index in [1.54, 1.807) is 6.92 Å². The van der Waals surface area contributed by atoms with Crippen LogP contribution in [0, 0.1) is 6.92 Å². The van der Waals surface area contributed by atoms with Gasteiger partial charge in [0.1, 0.15) is 5.75 Å². The predicted octanol–water partition coefficient (Wildman–Crippen LogP) is 3.23. The first-order valence-corrected chi connectivity index (χ1v) is 4.54. The van der Waals surface area contributed by atoms with Crippen molar-refractivity contribution in [1.29, 1.82) is 0 Å². The first-order valence-electron chi connectivity index (χ1n) is 4.54. The number of carbonyl (C=O) groups excluding carboxylic acids is 1. The molecule has 0 aliphatic heterocycles. The van der Waals surface area contributed by atoms with Crippen LogP contribution >= 0.6 is 0 Å². The number of carbonyl (C=O) groups is 1. The fraction of sp³-hybridized carbons (Fsp3) is 0.364. The topological polar surface area (TPSA) is 26.3 Å². The molecule has 1 aromatic carbocycles. The van der Waals surface area contributed by atoms with E-state index in [-0.39, 0.29) is 5.56 Å². The molecule has 0 spiro atoms. The Balaban J connectivity index is 3.56. The number of rotatable bonds is 2. The summed E-state index contributed by atoms with van der Waals surface area (Å²) in [7, 11) is 1.12. The van der Waals surface area contributed by atoms with E-state index in [1.165, 1.54) is 13.0 Å². The number of hydrogen-bond acceptors (Lipinski definition) is 2. The number of benzene rings is 1. The zero-order valence-corrected chi connectivity index (χ0v) is 9.11. The average Bonchev–Trinajstić information content (AvgIpc) is 2.14. The summed E-state index contributed by atoms with van der Waals surface area (Å²) < 4.78 is 42.6. The van der Waals surface area contributed by atoms with Crippen LogP contribution in [0.1, 0.15) is 28.4 Å². The number of halogens is 3. The summed E-state index contributed by atoms with van der Waals surface area (Å²) >= 11 is 0. The number of Topliss-reactive ketones (excluding diaryl/α,β-unsaturated/α-hetero) is 1. The lowest BCUT2D eigenvalue weighted by atomic mass is 10.00. The maximum absolute atomic E-state index is 12.6. The zero-order chi connectivity index (χ0) is 12.5. The molecule has 0 aromatic heterocycles. The molecule has 0 aliphatic rings. The van der Waals surface area contributed by atoms with Crippen LogP contribution in [-0.4, -0.2) is 12.9 Å². The Morgan fingerprint density at radius 3 is 2.25 bits per heavy atom. The Hall–Kier alpha value is -1.52. The molecular weight excluding hydrogens is 221 g/mol. The van der Waals surface area contributed by atoms with Crippen LogP contribution in [0.25, 0.3) is 0 Å². The minimum Gasteiger partial charge on any atom is -0.495 e. The summed E-state index contributed by atoms with van der Waals surface area (Å²) in [6.45, 7) is 2.78. The van der Waals surface area contributed by atoms with Gasteiger partial charge >= 0.3 is 6.18 Å². The normalized spacial score (nSPS) is 11.4. The van der Waals surface area contributed by atoms with Gasteiger partial charge in [0, 0.05) is 0 Å². The molecule has 2 nitrogen and oxygen atoms in total. The number of ether oxygens (including phenoxy) is 1. The number of ketones is 1. The van der Waals surface area contributed by atoms with Crippen LogP contribution < -0.4 is 4.74 Å². The smallest absolute Gasteiger partial charge is 0.419 e. The Bertz CT molecular complexity index is 422. The van der Waals surface area contributed by atoms with Crippen molar-refractivity contribution in [3.63, 3.8) is 0 Å². The number of methoxy groups -OCH3 is 1. The van der Waals surface area contributed by atoms with Crippen LogP contribution in [-0.2, 0) is 6.18 Å². The minimum absolute atomic E-state index is 0.0164. The molecule has 0 fully saturated rings. The molecule has 5 heteroatoms. The van der Waals surface area contributed by atoms with Crippen molar-refractivity contribution in [2.45, 2.75) is 20.0 Å². The molecule has 16 heavy (non-hydrogen) atoms. The molecule has 0 N–H and O–H groups in total. The molecule has 0 saturated carbocycles. The first kappa shape index (κ1) is 12.5. The Morgan fingerprint density at radius 2 is 1.88 bits per heavy atom. The molecule has 0 saturated heterocycles. The van der Waals surface area contributed by atoms with Gasteiger partial charge in [0.2, 0.25) is 0 Å². The van der Waals surface area contributed by atoms with Crippen LogP contribution in [0.5, 0.6) is 5.75 Å². The Morgan fingerprint density at radius 1 is 1.31 bits per heavy atom. The lowest BCUT2D eigenvalue weighted by Gasteiger charge is -2.16. The van der Waals surface area contributed by atoms with E-state index in [2.05, 4.69) is 0 Å². The molecule has 88 valence electrons. The summed E-state index contributed by atoms with van der Waals surface area (Å²) in [5.74, 6) is -0.847. The van der Waals surface area contributed by atoms with Crippen molar-refractivity contribution in [2.24, 2.45) is 0 Å². The van der Waals surface area contributed by atoms with Crippen LogP contribution in [0.3, 0.4) is 0 Å². The molecule has 0 aliphatic carbocycles. The second-order valence-electron chi connectivity index (χ2n) is 3.39. The van der Waals surface area contributed by atoms with E-state index >= 15 is 0 Å². The molecule has 0 amide bonds. The largest absolute Gasteiger partial charge is 0.495 e. The van der Waals surface area contributed by atoms with Gasteiger partial charge in [-0.3, -0.25) is 4.79 Å². The molecule has 1 aromatic rings. The van der Waals surface area contributed by atoms with Crippen LogP contribution in [0.2, 0.25) is 0 Å². The first-order chi connectivity index (χ1) is 7.29. The third-order valence-corrected chi connectivity index (χ3v) is 2.23. The Labute approximate surface area is 91.0 Å². The van der Waals surface area contributed by atoms with Crippen LogP contribution in [0.4, 0.5) is 13.2 Å². The van der Waals surface area contributed by atoms with E-state index in [4.69, 9.17) is 4.74 Å². The van der Waals surface area contributed by atoms with Crippen molar-refractivity contribution in [3.05, 3.63) is 28.8 Å². The number of aryl methyl sites for hydroxylation is 1. The second kappa shape index (κ2) is 4.15. The van der Waals surface area contributed by atoms with Crippen molar-refractivity contribution in [1.82, 2.24) is 0 Å². The van der Waals surface area contributed by atoms with Crippen molar-refractivity contribution in [2.75, 3.05) is 7.11 Å². The standard InChI is InChI=1S/C11H11F3O2/c1-6-4-5-8(11(12,13)14)10(16-3)9(6)7(2)15/h4-5H,1-3H3. The summed E-state index contributed by atoms with van der Waals surface area (Å²) in [5.41, 5.74) is -0.472. The molecular formula is C11H11F3O2. The molecule has 0 heterocycles. The van der Waals surface area contributed by atoms with Crippen LogP contribution in [0.15, 0.2) is 12.1 Å². The zero-order valence-electron chi connectivity index (χ0n) is 9.11. The van der Waals surface area contributed by atoms with Gasteiger partial charge < -0.3 is 4.74 Å². The van der Waals surface area contributed by atoms with Gasteiger partial charge in [-0.15, -0.1) is 0 Å². The van der Waals surface area contributed by atoms with Gasteiger partial charge in [0.05, 0.1) is 18.2 Å². The monoisotopic (exact) mass is 232 g/mol. The lowest BCUT2D eigenvalue weighted by molar-refractivity contribution is -0.138. The lowest BCUT2D eigenvalue weighted by Crippen LogP contribution is -2.11. The van der Waals surface area contributed by atoms with Gasteiger partial charge in [-0.25, -0.2) is 0 Å². The second-order valence-corrected chi connectivity index (χ2v) is 3.39. The van der Waals surface area contributed by atoms with E-state index < -0.39 is 23.3 Å². The fourth-order valence-corrected chi connectivity index (χ4v) is 1.55. The van der Waals surface area contributed by atoms with Crippen molar-refractivity contribution in [3.8, 4) is 5.75 Å². The molecule has 1 rings (SSSR count). The number of hydrogen-bond donors (Lipinski definition) is 0. The summed E-state index contributed by atoms with van der Waals surface area (Å²) in [6.07, 6.45) is -4.52. The summed E-state index contributed by atoms with van der Waals surface area (Å²) in [4.78, 5) is 11.3. The number of alkyl halides is 3. The summed E-state index contributed by atoms with van der Waals surface area (Å²) in [5, 5.41) is 0. The molecule has 0 unspecified atom stereocenters. The van der Waals surface area contributed by atoms with Gasteiger partial charge in [0.25, 0.3) is 0 Å². The third-order valence-electron chi connectivity index (χ3n) is 2.23. The predicted molar refractivity (Wildman–Crippen MR) is 52.7 cm³/mol. The Kier molecular flexibility index (Phi) is 3.26. The average molecular weight is 232 g/mol. The highest BCUT2D eigenvalue weighted by Crippen LogP contribution is 2.39. The molecule has 0 radical (unpaired) electrons. The van der Waals surface area contributed by atoms with Gasteiger partial charge in [-0.2, -0.15) is 13.2 Å². The highest BCUT2D eigenvalue weighted by atomic mass is 19.4. The highest BCUT2D eigenvalue weighted by molar-refractivity contribution is 5.98. The maximum Gasteiger partial charge on any atom is 0.419 e. The van der Waals surface area contributed by atoms with E-state index in [9.17, 15) is 18.0 Å². The van der Waals surface area contributed by atoms with Gasteiger partial charge in [-0.05, 0) is 25.5 Å². The van der Waals surface area contributed by atoms with E-state index in [0.29, 0.717) is 5.56 Å². The third kappa shape index (κ3) is 2.18. The maximum atomic E-state index is 12.6. The highest BCUT2D eigenvalue weighted by Gasteiger charge is 2.36. The molecule has 0 bridgehead atoms. The quantitative estimate of drug-likeness (QED) is 0.732. The summed E-state index contributed by atoms with van der Waals surface area (Å²) in [6, 6.07) is 2.18. The van der Waals surface area contributed by atoms with Crippen molar-refractivity contribution < 1.29 is 22.7 Å². The van der Waals surface area contributed by atoms with Gasteiger partial charge in [0.15, 0.2) is 5.78 Å². The van der Waals surface area contributed by atoms with Gasteiger partial charge in [-0.1, -0.05) is 6.07 Å².